The Kier molecular flexibility index (Phi) is 3.24. The smallest absolute Gasteiger partial charge is 0.285 e. The Morgan fingerprint density at radius 3 is 2.89 bits per heavy atom. The molecule has 0 saturated heterocycles. The van der Waals surface area contributed by atoms with E-state index in [2.05, 4.69) is 16.0 Å². The van der Waals surface area contributed by atoms with Crippen LogP contribution >= 0.6 is 23.5 Å². The van der Waals surface area contributed by atoms with Gasteiger partial charge in [0.25, 0.3) is 5.91 Å². The van der Waals surface area contributed by atoms with E-state index in [-0.39, 0.29) is 5.91 Å². The minimum absolute atomic E-state index is 0.140. The number of hydrogen-bond acceptors (Lipinski definition) is 3. The fourth-order valence-corrected chi connectivity index (χ4v) is 3.50. The number of hydrogen-bond donors (Lipinski definition) is 1. The Morgan fingerprint density at radius 2 is 2.16 bits per heavy atom. The molecule has 3 rings (SSSR count). The van der Waals surface area contributed by atoms with Gasteiger partial charge in [-0.3, -0.25) is 4.79 Å². The molecule has 2 heterocycles. The van der Waals surface area contributed by atoms with Crippen LogP contribution in [0.15, 0.2) is 34.2 Å². The lowest BCUT2D eigenvalue weighted by Crippen LogP contribution is -1.88. The molecule has 96 valence electrons. The minimum Gasteiger partial charge on any atom is -0.358 e. The molecule has 0 atom stereocenters. The monoisotopic (exact) mass is 288 g/mol. The zero-order valence-corrected chi connectivity index (χ0v) is 12.2. The predicted molar refractivity (Wildman–Crippen MR) is 84.6 cm³/mol. The van der Waals surface area contributed by atoms with E-state index in [0.29, 0.717) is 4.91 Å². The zero-order valence-electron chi connectivity index (χ0n) is 10.6. The van der Waals surface area contributed by atoms with Gasteiger partial charge in [-0.25, -0.2) is 0 Å². The predicted octanol–water partition coefficient (Wildman–Crippen LogP) is 3.81. The average Bonchev–Trinajstić information content (AvgIpc) is 2.92. The molecule has 19 heavy (non-hydrogen) atoms. The van der Waals surface area contributed by atoms with Gasteiger partial charge in [-0.15, -0.1) is 11.8 Å². The first-order valence-electron chi connectivity index (χ1n) is 5.83. The maximum Gasteiger partial charge on any atom is 0.285 e. The second-order valence-electron chi connectivity index (χ2n) is 4.21. The molecule has 2 aromatic rings. The highest BCUT2D eigenvalue weighted by Crippen LogP contribution is 2.34. The summed E-state index contributed by atoms with van der Waals surface area (Å²) in [6, 6.07) is 8.11. The normalized spacial score (nSPS) is 17.5. The number of thioether (sulfide) groups is 2. The van der Waals surface area contributed by atoms with Gasteiger partial charge in [0.1, 0.15) is 4.38 Å². The highest BCUT2D eigenvalue weighted by atomic mass is 32.2. The molecule has 0 aliphatic carbocycles. The van der Waals surface area contributed by atoms with Gasteiger partial charge in [-0.1, -0.05) is 30.0 Å². The van der Waals surface area contributed by atoms with Crippen LogP contribution in [0, 0.1) is 6.92 Å². The number of carbonyl (C=O) groups excluding carboxylic acids is 1. The molecule has 1 N–H and O–H groups in total. The van der Waals surface area contributed by atoms with Gasteiger partial charge in [0.15, 0.2) is 0 Å². The Hall–Kier alpha value is -1.46. The van der Waals surface area contributed by atoms with Crippen LogP contribution in [-0.4, -0.2) is 21.5 Å². The first-order valence-corrected chi connectivity index (χ1v) is 7.87. The topological polar surface area (TPSA) is 45.2 Å². The van der Waals surface area contributed by atoms with Crippen molar-refractivity contribution in [2.45, 2.75) is 6.92 Å². The highest BCUT2D eigenvalue weighted by molar-refractivity contribution is 8.40. The van der Waals surface area contributed by atoms with E-state index in [1.165, 1.54) is 23.5 Å². The number of aromatic amines is 1. The number of aryl methyl sites for hydroxylation is 1. The molecule has 0 saturated carbocycles. The van der Waals surface area contributed by atoms with Gasteiger partial charge in [-0.05, 0) is 25.3 Å². The van der Waals surface area contributed by atoms with Gasteiger partial charge in [0, 0.05) is 22.2 Å². The summed E-state index contributed by atoms with van der Waals surface area (Å²) in [6.07, 6.45) is 3.87. The van der Waals surface area contributed by atoms with Crippen molar-refractivity contribution in [1.29, 1.82) is 0 Å². The summed E-state index contributed by atoms with van der Waals surface area (Å²) >= 11 is 2.95. The van der Waals surface area contributed by atoms with Crippen molar-refractivity contribution in [1.82, 2.24) is 4.98 Å². The number of nitrogens with zero attached hydrogens (tertiary/aromatic N) is 1. The fourth-order valence-electron chi connectivity index (χ4n) is 2.09. The maximum atomic E-state index is 11.8. The molecule has 1 aromatic heterocycles. The molecule has 0 unspecified atom stereocenters. The van der Waals surface area contributed by atoms with Gasteiger partial charge < -0.3 is 4.98 Å². The quantitative estimate of drug-likeness (QED) is 0.812. The van der Waals surface area contributed by atoms with E-state index in [9.17, 15) is 4.79 Å². The second kappa shape index (κ2) is 4.90. The second-order valence-corrected chi connectivity index (χ2v) is 6.29. The van der Waals surface area contributed by atoms with E-state index in [4.69, 9.17) is 0 Å². The molecule has 0 bridgehead atoms. The van der Waals surface area contributed by atoms with Crippen molar-refractivity contribution in [3.8, 4) is 0 Å². The van der Waals surface area contributed by atoms with Crippen molar-refractivity contribution >= 4 is 50.8 Å². The molecule has 1 aliphatic rings. The molecular formula is C14H12N2OS2. The number of carbonyl (C=O) groups is 1. The SMILES string of the molecule is CSC1=NC(=O)C(=Cc2c(C)[nH]c3ccccc23)S1. The molecule has 1 aromatic carbocycles. The highest BCUT2D eigenvalue weighted by Gasteiger charge is 2.21. The average molecular weight is 288 g/mol. The Labute approximate surface area is 119 Å². The van der Waals surface area contributed by atoms with Gasteiger partial charge in [-0.2, -0.15) is 4.99 Å². The molecule has 0 spiro atoms. The third-order valence-corrected chi connectivity index (χ3v) is 4.96. The lowest BCUT2D eigenvalue weighted by Gasteiger charge is -1.96. The van der Waals surface area contributed by atoms with Crippen molar-refractivity contribution in [2.24, 2.45) is 4.99 Å². The summed E-state index contributed by atoms with van der Waals surface area (Å²) in [5.74, 6) is -0.140. The number of aliphatic imine (C=N–C) groups is 1. The van der Waals surface area contributed by atoms with Crippen LogP contribution in [-0.2, 0) is 4.79 Å². The zero-order chi connectivity index (χ0) is 13.4. The van der Waals surface area contributed by atoms with Crippen LogP contribution in [0.25, 0.3) is 17.0 Å². The van der Waals surface area contributed by atoms with E-state index in [1.54, 1.807) is 0 Å². The lowest BCUT2D eigenvalue weighted by molar-refractivity contribution is -0.113. The largest absolute Gasteiger partial charge is 0.358 e. The summed E-state index contributed by atoms with van der Waals surface area (Å²) in [6.45, 7) is 2.02. The van der Waals surface area contributed by atoms with E-state index in [1.807, 2.05) is 37.5 Å². The van der Waals surface area contributed by atoms with E-state index < -0.39 is 0 Å². The van der Waals surface area contributed by atoms with Crippen molar-refractivity contribution in [3.05, 3.63) is 40.4 Å². The van der Waals surface area contributed by atoms with Crippen molar-refractivity contribution < 1.29 is 4.79 Å². The molecule has 1 amide bonds. The lowest BCUT2D eigenvalue weighted by atomic mass is 10.1. The fraction of sp³-hybridized carbons (Fsp3) is 0.143. The first kappa shape index (κ1) is 12.6. The number of nitrogens with one attached hydrogen (secondary N) is 1. The third-order valence-electron chi connectivity index (χ3n) is 2.99. The van der Waals surface area contributed by atoms with Crippen LogP contribution < -0.4 is 0 Å². The van der Waals surface area contributed by atoms with Crippen LogP contribution in [0.3, 0.4) is 0 Å². The summed E-state index contributed by atoms with van der Waals surface area (Å²) in [5, 5.41) is 1.14. The molecule has 5 heteroatoms. The summed E-state index contributed by atoms with van der Waals surface area (Å²) in [4.78, 5) is 19.8. The number of amides is 1. The Bertz CT molecular complexity index is 728. The molecule has 0 fully saturated rings. The number of H-pyrrole nitrogens is 1. The summed E-state index contributed by atoms with van der Waals surface area (Å²) in [7, 11) is 0. The van der Waals surface area contributed by atoms with Crippen molar-refractivity contribution in [2.75, 3.05) is 6.26 Å². The van der Waals surface area contributed by atoms with Crippen LogP contribution in [0.4, 0.5) is 0 Å². The molecule has 3 nitrogen and oxygen atoms in total. The molecular weight excluding hydrogens is 276 g/mol. The van der Waals surface area contributed by atoms with Crippen LogP contribution in [0.1, 0.15) is 11.3 Å². The number of rotatable bonds is 1. The summed E-state index contributed by atoms with van der Waals surface area (Å²) < 4.78 is 0.814. The van der Waals surface area contributed by atoms with E-state index in [0.717, 1.165) is 26.5 Å². The van der Waals surface area contributed by atoms with Crippen LogP contribution in [0.5, 0.6) is 0 Å². The van der Waals surface area contributed by atoms with Crippen LogP contribution in [0.2, 0.25) is 0 Å². The maximum absolute atomic E-state index is 11.8. The van der Waals surface area contributed by atoms with Gasteiger partial charge in [0.05, 0.1) is 4.91 Å². The van der Waals surface area contributed by atoms with Crippen molar-refractivity contribution in [3.63, 3.8) is 0 Å². The van der Waals surface area contributed by atoms with Gasteiger partial charge in [0.2, 0.25) is 0 Å². The molecule has 0 radical (unpaired) electrons. The molecule has 1 aliphatic heterocycles. The standard InChI is InChI=1S/C14H12N2OS2/c1-8-10(9-5-3-4-6-11(9)15-8)7-12-13(17)16-14(18-2)19-12/h3-7,15H,1-2H3. The third kappa shape index (κ3) is 2.24. The number of para-hydroxylation sites is 1. The first-order chi connectivity index (χ1) is 9.19. The van der Waals surface area contributed by atoms with Gasteiger partial charge >= 0.3 is 0 Å². The number of aromatic nitrogens is 1. The Balaban J connectivity index is 2.07. The Morgan fingerprint density at radius 1 is 1.37 bits per heavy atom. The minimum atomic E-state index is -0.140. The number of benzene rings is 1. The number of fused-ring (bicyclic) bond motifs is 1. The van der Waals surface area contributed by atoms with E-state index >= 15 is 0 Å². The summed E-state index contributed by atoms with van der Waals surface area (Å²) in [5.41, 5.74) is 3.23.